The van der Waals surface area contributed by atoms with Gasteiger partial charge < -0.3 is 5.32 Å². The lowest BCUT2D eigenvalue weighted by atomic mass is 10.2. The highest BCUT2D eigenvalue weighted by Crippen LogP contribution is 2.20. The summed E-state index contributed by atoms with van der Waals surface area (Å²) in [7, 11) is 0. The zero-order chi connectivity index (χ0) is 20.8. The Bertz CT molecular complexity index is 970. The molecule has 1 aromatic heterocycles. The zero-order valence-electron chi connectivity index (χ0n) is 16.8. The van der Waals surface area contributed by atoms with Crippen LogP contribution in [-0.4, -0.2) is 53.4 Å². The average molecular weight is 441 g/mol. The number of nitrogens with zero attached hydrogens (tertiary/aromatic N) is 3. The molecule has 3 aromatic rings. The van der Waals surface area contributed by atoms with Crippen LogP contribution < -0.4 is 5.32 Å². The van der Waals surface area contributed by atoms with E-state index in [4.69, 9.17) is 16.6 Å². The van der Waals surface area contributed by atoms with Gasteiger partial charge in [-0.3, -0.25) is 14.6 Å². The van der Waals surface area contributed by atoms with E-state index in [9.17, 15) is 4.79 Å². The number of amides is 1. The quantitative estimate of drug-likeness (QED) is 0.599. The zero-order valence-corrected chi connectivity index (χ0v) is 18.3. The number of carbonyl (C=O) groups excluding carboxylic acids is 1. The van der Waals surface area contributed by atoms with E-state index in [-0.39, 0.29) is 5.91 Å². The monoisotopic (exact) mass is 440 g/mol. The van der Waals surface area contributed by atoms with Crippen LogP contribution >= 0.6 is 22.9 Å². The summed E-state index contributed by atoms with van der Waals surface area (Å²) in [6, 6.07) is 17.8. The molecule has 0 atom stereocenters. The molecule has 5 nitrogen and oxygen atoms in total. The molecule has 1 fully saturated rings. The topological polar surface area (TPSA) is 48.5 Å². The highest BCUT2D eigenvalue weighted by atomic mass is 35.5. The minimum absolute atomic E-state index is 0.0263. The standard InChI is InChI=1S/C23H25ClN4OS/c24-20-8-4-5-9-21(20)26-22(29)16-28-12-10-27(11-13-28)15-19-17-30-23(25-19)14-18-6-2-1-3-7-18/h1-9,17H,10-16H2,(H,26,29). The summed E-state index contributed by atoms with van der Waals surface area (Å²) in [6.45, 7) is 4.87. The van der Waals surface area contributed by atoms with Crippen molar-refractivity contribution in [3.8, 4) is 0 Å². The summed E-state index contributed by atoms with van der Waals surface area (Å²) in [4.78, 5) is 21.7. The van der Waals surface area contributed by atoms with E-state index in [0.717, 1.165) is 49.8 Å². The van der Waals surface area contributed by atoms with E-state index < -0.39 is 0 Å². The molecule has 1 amide bonds. The van der Waals surface area contributed by atoms with Crippen LogP contribution in [-0.2, 0) is 17.8 Å². The van der Waals surface area contributed by atoms with Gasteiger partial charge in [-0.15, -0.1) is 11.3 Å². The first-order chi connectivity index (χ1) is 14.7. The molecule has 0 saturated carbocycles. The fourth-order valence-corrected chi connectivity index (χ4v) is 4.57. The molecule has 0 aliphatic carbocycles. The Labute approximate surface area is 186 Å². The number of nitrogens with one attached hydrogen (secondary N) is 1. The summed E-state index contributed by atoms with van der Waals surface area (Å²) in [5.74, 6) is -0.0263. The fraction of sp³-hybridized carbons (Fsp3) is 0.304. The number of rotatable bonds is 7. The number of hydrogen-bond donors (Lipinski definition) is 1. The lowest BCUT2D eigenvalue weighted by Gasteiger charge is -2.33. The summed E-state index contributed by atoms with van der Waals surface area (Å²) in [6.07, 6.45) is 0.889. The van der Waals surface area contributed by atoms with Crippen molar-refractivity contribution in [3.63, 3.8) is 0 Å². The first kappa shape index (κ1) is 21.0. The van der Waals surface area contributed by atoms with Gasteiger partial charge in [-0.05, 0) is 17.7 Å². The van der Waals surface area contributed by atoms with Crippen molar-refractivity contribution in [1.82, 2.24) is 14.8 Å². The van der Waals surface area contributed by atoms with Crippen molar-refractivity contribution in [2.45, 2.75) is 13.0 Å². The Morgan fingerprint density at radius 3 is 2.47 bits per heavy atom. The Kier molecular flexibility index (Phi) is 7.12. The van der Waals surface area contributed by atoms with E-state index in [1.165, 1.54) is 5.56 Å². The van der Waals surface area contributed by atoms with Crippen LogP contribution in [0.4, 0.5) is 5.69 Å². The molecule has 1 aliphatic heterocycles. The predicted octanol–water partition coefficient (Wildman–Crippen LogP) is 4.14. The third-order valence-electron chi connectivity index (χ3n) is 5.16. The van der Waals surface area contributed by atoms with Gasteiger partial charge in [0.25, 0.3) is 0 Å². The van der Waals surface area contributed by atoms with Gasteiger partial charge in [0.15, 0.2) is 0 Å². The van der Waals surface area contributed by atoms with Gasteiger partial charge in [-0.25, -0.2) is 4.98 Å². The maximum absolute atomic E-state index is 12.3. The van der Waals surface area contributed by atoms with Crippen molar-refractivity contribution in [2.75, 3.05) is 38.0 Å². The second kappa shape index (κ2) is 10.2. The van der Waals surface area contributed by atoms with Crippen LogP contribution in [0.5, 0.6) is 0 Å². The second-order valence-electron chi connectivity index (χ2n) is 7.48. The van der Waals surface area contributed by atoms with Gasteiger partial charge in [0.05, 0.1) is 28.0 Å². The fourth-order valence-electron chi connectivity index (χ4n) is 3.56. The molecule has 2 heterocycles. The van der Waals surface area contributed by atoms with E-state index in [2.05, 4.69) is 44.8 Å². The third-order valence-corrected chi connectivity index (χ3v) is 6.39. The maximum atomic E-state index is 12.3. The number of aromatic nitrogens is 1. The van der Waals surface area contributed by atoms with Gasteiger partial charge in [0.1, 0.15) is 0 Å². The van der Waals surface area contributed by atoms with Crippen LogP contribution in [0, 0.1) is 0 Å². The first-order valence-corrected chi connectivity index (χ1v) is 11.4. The van der Waals surface area contributed by atoms with Gasteiger partial charge in [0.2, 0.25) is 5.91 Å². The van der Waals surface area contributed by atoms with Crippen molar-refractivity contribution in [1.29, 1.82) is 0 Å². The summed E-state index contributed by atoms with van der Waals surface area (Å²) < 4.78 is 0. The first-order valence-electron chi connectivity index (χ1n) is 10.1. The van der Waals surface area contributed by atoms with Crippen LogP contribution in [0.25, 0.3) is 0 Å². The molecule has 2 aromatic carbocycles. The second-order valence-corrected chi connectivity index (χ2v) is 8.83. The molecule has 0 radical (unpaired) electrons. The molecule has 0 bridgehead atoms. The number of carbonyl (C=O) groups is 1. The van der Waals surface area contributed by atoms with E-state index in [1.54, 1.807) is 17.4 Å². The minimum atomic E-state index is -0.0263. The summed E-state index contributed by atoms with van der Waals surface area (Å²) in [5, 5.41) is 6.78. The lowest BCUT2D eigenvalue weighted by molar-refractivity contribution is -0.117. The third kappa shape index (κ3) is 5.89. The molecular weight excluding hydrogens is 416 g/mol. The van der Waals surface area contributed by atoms with Crippen LogP contribution in [0.3, 0.4) is 0 Å². The molecule has 1 N–H and O–H groups in total. The van der Waals surface area contributed by atoms with Gasteiger partial charge in [0, 0.05) is 44.5 Å². The number of halogens is 1. The normalized spacial score (nSPS) is 15.2. The van der Waals surface area contributed by atoms with Crippen molar-refractivity contribution >= 4 is 34.5 Å². The highest BCUT2D eigenvalue weighted by Gasteiger charge is 2.20. The van der Waals surface area contributed by atoms with Crippen LogP contribution in [0.1, 0.15) is 16.3 Å². The maximum Gasteiger partial charge on any atom is 0.238 e. The Morgan fingerprint density at radius 1 is 1.00 bits per heavy atom. The SMILES string of the molecule is O=C(CN1CCN(Cc2csc(Cc3ccccc3)n2)CC1)Nc1ccccc1Cl. The number of para-hydroxylation sites is 1. The number of anilines is 1. The highest BCUT2D eigenvalue weighted by molar-refractivity contribution is 7.09. The molecule has 30 heavy (non-hydrogen) atoms. The molecule has 0 unspecified atom stereocenters. The van der Waals surface area contributed by atoms with E-state index in [0.29, 0.717) is 17.3 Å². The summed E-state index contributed by atoms with van der Waals surface area (Å²) >= 11 is 7.85. The summed E-state index contributed by atoms with van der Waals surface area (Å²) in [5.41, 5.74) is 3.09. The molecule has 1 saturated heterocycles. The Hall–Kier alpha value is -2.25. The molecule has 7 heteroatoms. The molecular formula is C23H25ClN4OS. The van der Waals surface area contributed by atoms with Crippen molar-refractivity contribution < 1.29 is 4.79 Å². The van der Waals surface area contributed by atoms with E-state index >= 15 is 0 Å². The van der Waals surface area contributed by atoms with Gasteiger partial charge >= 0.3 is 0 Å². The molecule has 4 rings (SSSR count). The van der Waals surface area contributed by atoms with Gasteiger partial charge in [-0.1, -0.05) is 54.1 Å². The Morgan fingerprint density at radius 2 is 1.70 bits per heavy atom. The van der Waals surface area contributed by atoms with Crippen molar-refractivity contribution in [2.24, 2.45) is 0 Å². The largest absolute Gasteiger partial charge is 0.324 e. The minimum Gasteiger partial charge on any atom is -0.324 e. The number of benzene rings is 2. The predicted molar refractivity (Wildman–Crippen MR) is 123 cm³/mol. The lowest BCUT2D eigenvalue weighted by Crippen LogP contribution is -2.48. The van der Waals surface area contributed by atoms with Gasteiger partial charge in [-0.2, -0.15) is 0 Å². The smallest absolute Gasteiger partial charge is 0.238 e. The molecule has 156 valence electrons. The molecule has 1 aliphatic rings. The van der Waals surface area contributed by atoms with E-state index in [1.807, 2.05) is 24.3 Å². The number of hydrogen-bond acceptors (Lipinski definition) is 5. The molecule has 0 spiro atoms. The Balaban J connectivity index is 1.21. The average Bonchev–Trinajstić information content (AvgIpc) is 3.18. The van der Waals surface area contributed by atoms with Crippen LogP contribution in [0.2, 0.25) is 5.02 Å². The number of thiazole rings is 1. The van der Waals surface area contributed by atoms with Crippen molar-refractivity contribution in [3.05, 3.63) is 81.3 Å². The number of piperazine rings is 1. The van der Waals surface area contributed by atoms with Crippen LogP contribution in [0.15, 0.2) is 60.0 Å².